The summed E-state index contributed by atoms with van der Waals surface area (Å²) in [5.74, 6) is 0. The van der Waals surface area contributed by atoms with Crippen LogP contribution >= 0.6 is 0 Å². The van der Waals surface area contributed by atoms with Gasteiger partial charge in [0.25, 0.3) is 0 Å². The van der Waals surface area contributed by atoms with Gasteiger partial charge >= 0.3 is 23.1 Å². The van der Waals surface area contributed by atoms with E-state index in [1.165, 1.54) is 0 Å². The van der Waals surface area contributed by atoms with Gasteiger partial charge in [0.15, 0.2) is 0 Å². The summed E-state index contributed by atoms with van der Waals surface area (Å²) >= 11 is 0. The standard InChI is InChI=1S/C14H9N2.BrH.Mg/c15-10-12-8-4-5-9-13(12)14(16)11-6-2-1-3-7-11;;/h1-9H;1H;/q-1;;+2/p-1. The summed E-state index contributed by atoms with van der Waals surface area (Å²) in [5.41, 5.74) is 1.89. The average molecular weight is 309 g/mol. The monoisotopic (exact) mass is 308 g/mol. The molecule has 2 rings (SSSR count). The molecule has 2 aromatic carbocycles. The SMILES string of the molecule is N#Cc1ccccc1C(=[N-])c1ccccc1.[Br-].[Mg+2]. The largest absolute Gasteiger partial charge is 2.00 e. The fourth-order valence-electron chi connectivity index (χ4n) is 1.54. The Morgan fingerprint density at radius 2 is 1.50 bits per heavy atom. The molecule has 0 aromatic heterocycles. The number of rotatable bonds is 2. The minimum absolute atomic E-state index is 0. The van der Waals surface area contributed by atoms with Gasteiger partial charge in [0.2, 0.25) is 0 Å². The van der Waals surface area contributed by atoms with Gasteiger partial charge in [0.1, 0.15) is 0 Å². The molecule has 0 fully saturated rings. The third-order valence-electron chi connectivity index (χ3n) is 2.35. The number of hydrogen-bond acceptors (Lipinski definition) is 1. The molecular formula is C14H9BrMgN2. The molecule has 0 N–H and O–H groups in total. The van der Waals surface area contributed by atoms with Crippen molar-refractivity contribution in [2.75, 3.05) is 0 Å². The maximum absolute atomic E-state index is 10.1. The molecule has 2 nitrogen and oxygen atoms in total. The van der Waals surface area contributed by atoms with Crippen LogP contribution in [-0.2, 0) is 0 Å². The first kappa shape index (κ1) is 16.8. The van der Waals surface area contributed by atoms with E-state index in [9.17, 15) is 5.41 Å². The van der Waals surface area contributed by atoms with E-state index in [1.807, 2.05) is 30.3 Å². The second kappa shape index (κ2) is 8.04. The third-order valence-corrected chi connectivity index (χ3v) is 2.35. The van der Waals surface area contributed by atoms with E-state index >= 15 is 0 Å². The van der Waals surface area contributed by atoms with Gasteiger partial charge in [-0.25, -0.2) is 0 Å². The summed E-state index contributed by atoms with van der Waals surface area (Å²) < 4.78 is 0. The first-order valence-electron chi connectivity index (χ1n) is 4.94. The number of nitrogens with zero attached hydrogens (tertiary/aromatic N) is 2. The van der Waals surface area contributed by atoms with Crippen LogP contribution in [0.4, 0.5) is 0 Å². The average Bonchev–Trinajstić information content (AvgIpc) is 2.39. The Kier molecular flexibility index (Phi) is 7.52. The molecule has 0 saturated carbocycles. The van der Waals surface area contributed by atoms with Crippen LogP contribution in [-0.4, -0.2) is 28.8 Å². The van der Waals surface area contributed by atoms with Crippen LogP contribution in [0.1, 0.15) is 16.7 Å². The Balaban J connectivity index is 0.00000144. The Morgan fingerprint density at radius 3 is 2.11 bits per heavy atom. The van der Waals surface area contributed by atoms with Gasteiger partial charge < -0.3 is 22.4 Å². The van der Waals surface area contributed by atoms with Crippen molar-refractivity contribution < 1.29 is 17.0 Å². The Labute approximate surface area is 133 Å². The second-order valence-corrected chi connectivity index (χ2v) is 3.37. The summed E-state index contributed by atoms with van der Waals surface area (Å²) in [4.78, 5) is 0. The minimum atomic E-state index is 0. The molecule has 0 aliphatic heterocycles. The van der Waals surface area contributed by atoms with Crippen LogP contribution in [0.25, 0.3) is 5.41 Å². The van der Waals surface area contributed by atoms with E-state index in [-0.39, 0.29) is 45.7 Å². The topological polar surface area (TPSA) is 46.1 Å². The molecule has 0 spiro atoms. The maximum atomic E-state index is 10.1. The van der Waals surface area contributed by atoms with Gasteiger partial charge in [-0.2, -0.15) is 5.26 Å². The van der Waals surface area contributed by atoms with Crippen LogP contribution in [0.3, 0.4) is 0 Å². The van der Waals surface area contributed by atoms with E-state index in [1.54, 1.807) is 24.3 Å². The summed E-state index contributed by atoms with van der Waals surface area (Å²) in [7, 11) is 0. The molecule has 0 atom stereocenters. The van der Waals surface area contributed by atoms with Crippen molar-refractivity contribution in [3.05, 3.63) is 76.7 Å². The predicted octanol–water partition coefficient (Wildman–Crippen LogP) is -0.412. The molecule has 0 saturated heterocycles. The van der Waals surface area contributed by atoms with Crippen LogP contribution in [0, 0.1) is 11.3 Å². The van der Waals surface area contributed by atoms with Crippen LogP contribution in [0.5, 0.6) is 0 Å². The van der Waals surface area contributed by atoms with Gasteiger partial charge in [0, 0.05) is 0 Å². The number of nitriles is 1. The number of hydrogen-bond donors (Lipinski definition) is 0. The first-order valence-corrected chi connectivity index (χ1v) is 4.94. The van der Waals surface area contributed by atoms with Crippen LogP contribution < -0.4 is 17.0 Å². The molecule has 0 amide bonds. The van der Waals surface area contributed by atoms with Crippen LogP contribution in [0.15, 0.2) is 54.6 Å². The molecule has 0 bridgehead atoms. The van der Waals surface area contributed by atoms with E-state index in [0.29, 0.717) is 16.7 Å². The molecule has 0 heterocycles. The van der Waals surface area contributed by atoms with E-state index < -0.39 is 0 Å². The quantitative estimate of drug-likeness (QED) is 0.549. The zero-order chi connectivity index (χ0) is 11.4. The molecule has 18 heavy (non-hydrogen) atoms. The van der Waals surface area contributed by atoms with Crippen molar-refractivity contribution >= 4 is 28.8 Å². The zero-order valence-electron chi connectivity index (χ0n) is 9.68. The summed E-state index contributed by atoms with van der Waals surface area (Å²) in [6.07, 6.45) is 0. The van der Waals surface area contributed by atoms with Gasteiger partial charge in [-0.15, -0.1) is 5.71 Å². The van der Waals surface area contributed by atoms with Gasteiger partial charge in [-0.3, -0.25) is 0 Å². The molecule has 2 aromatic rings. The fourth-order valence-corrected chi connectivity index (χ4v) is 1.54. The van der Waals surface area contributed by atoms with Crippen molar-refractivity contribution in [3.8, 4) is 6.07 Å². The predicted molar refractivity (Wildman–Crippen MR) is 69.9 cm³/mol. The third kappa shape index (κ3) is 3.67. The van der Waals surface area contributed by atoms with Gasteiger partial charge in [-0.1, -0.05) is 48.5 Å². The molecule has 4 heteroatoms. The van der Waals surface area contributed by atoms with E-state index in [0.717, 1.165) is 0 Å². The van der Waals surface area contributed by atoms with Crippen molar-refractivity contribution in [1.29, 1.82) is 5.26 Å². The summed E-state index contributed by atoms with van der Waals surface area (Å²) in [6, 6.07) is 18.3. The minimum Gasteiger partial charge on any atom is -1.00 e. The van der Waals surface area contributed by atoms with Gasteiger partial charge in [-0.05, 0) is 17.2 Å². The van der Waals surface area contributed by atoms with Crippen molar-refractivity contribution in [1.82, 2.24) is 0 Å². The molecule has 0 aliphatic rings. The second-order valence-electron chi connectivity index (χ2n) is 3.37. The number of benzene rings is 2. The maximum Gasteiger partial charge on any atom is 2.00 e. The summed E-state index contributed by atoms with van der Waals surface area (Å²) in [6.45, 7) is 0. The van der Waals surface area contributed by atoms with E-state index in [4.69, 9.17) is 5.26 Å². The molecular weight excluding hydrogens is 300 g/mol. The molecule has 0 aliphatic carbocycles. The molecule has 84 valence electrons. The van der Waals surface area contributed by atoms with Crippen molar-refractivity contribution in [2.45, 2.75) is 0 Å². The first-order chi connectivity index (χ1) is 7.83. The normalized spacial score (nSPS) is 8.39. The fraction of sp³-hybridized carbons (Fsp3) is 0. The smallest absolute Gasteiger partial charge is 1.00 e. The Bertz CT molecular complexity index is 562. The van der Waals surface area contributed by atoms with Crippen molar-refractivity contribution in [3.63, 3.8) is 0 Å². The summed E-state index contributed by atoms with van der Waals surface area (Å²) in [5, 5.41) is 19.0. The molecule has 0 radical (unpaired) electrons. The van der Waals surface area contributed by atoms with Crippen LogP contribution in [0.2, 0.25) is 0 Å². The van der Waals surface area contributed by atoms with E-state index in [2.05, 4.69) is 6.07 Å². The Morgan fingerprint density at radius 1 is 0.944 bits per heavy atom. The Hall–Kier alpha value is -1.15. The zero-order valence-corrected chi connectivity index (χ0v) is 12.7. The van der Waals surface area contributed by atoms with Crippen molar-refractivity contribution in [2.24, 2.45) is 0 Å². The molecule has 0 unspecified atom stereocenters. The number of halogens is 1. The van der Waals surface area contributed by atoms with Gasteiger partial charge in [0.05, 0.1) is 11.6 Å².